The Balaban J connectivity index is 0.000000686. The molecule has 0 atom stereocenters. The van der Waals surface area contributed by atoms with Gasteiger partial charge >= 0.3 is 0 Å². The van der Waals surface area contributed by atoms with Crippen molar-refractivity contribution in [2.45, 2.75) is 20.8 Å². The molecule has 0 spiro atoms. The average Bonchev–Trinajstić information content (AvgIpc) is 2.31. The van der Waals surface area contributed by atoms with Crippen LogP contribution in [0.2, 0.25) is 5.15 Å². The van der Waals surface area contributed by atoms with Gasteiger partial charge in [0, 0.05) is 17.1 Å². The number of nitro benzene ring substituents is 1. The molecular weight excluding hydrogens is 240 g/mol. The largest absolute Gasteiger partial charge is 0.280 e. The minimum Gasteiger partial charge on any atom is -0.258 e. The molecule has 4 nitrogen and oxygen atoms in total. The molecule has 0 saturated carbocycles. The molecule has 0 saturated heterocycles. The summed E-state index contributed by atoms with van der Waals surface area (Å²) in [7, 11) is 0. The average molecular weight is 253 g/mol. The Labute approximate surface area is 104 Å². The van der Waals surface area contributed by atoms with Crippen molar-refractivity contribution in [3.8, 4) is 0 Å². The highest BCUT2D eigenvalue weighted by atomic mass is 35.5. The van der Waals surface area contributed by atoms with Gasteiger partial charge in [0.1, 0.15) is 5.15 Å². The lowest BCUT2D eigenvalue weighted by atomic mass is 10.1. The molecule has 0 amide bonds. The van der Waals surface area contributed by atoms with Gasteiger partial charge in [0.15, 0.2) is 0 Å². The van der Waals surface area contributed by atoms with E-state index in [2.05, 4.69) is 4.98 Å². The number of benzene rings is 1. The molecule has 0 aliphatic rings. The van der Waals surface area contributed by atoms with Crippen LogP contribution < -0.4 is 0 Å². The third kappa shape index (κ3) is 2.53. The van der Waals surface area contributed by atoms with Crippen molar-refractivity contribution in [2.75, 3.05) is 0 Å². The van der Waals surface area contributed by atoms with Gasteiger partial charge in [0.05, 0.1) is 10.3 Å². The summed E-state index contributed by atoms with van der Waals surface area (Å²) >= 11 is 5.85. The van der Waals surface area contributed by atoms with Gasteiger partial charge in [-0.3, -0.25) is 10.1 Å². The Morgan fingerprint density at radius 3 is 2.47 bits per heavy atom. The van der Waals surface area contributed by atoms with Crippen LogP contribution in [0, 0.1) is 17.0 Å². The highest BCUT2D eigenvalue weighted by Gasteiger charge is 2.16. The zero-order valence-electron chi connectivity index (χ0n) is 9.90. The summed E-state index contributed by atoms with van der Waals surface area (Å²) in [6.45, 7) is 5.70. The molecule has 1 aromatic heterocycles. The number of nitro groups is 1. The van der Waals surface area contributed by atoms with Crippen molar-refractivity contribution in [3.05, 3.63) is 45.2 Å². The minimum absolute atomic E-state index is 0.0943. The van der Waals surface area contributed by atoms with Gasteiger partial charge < -0.3 is 0 Å². The molecule has 0 bridgehead atoms. The Morgan fingerprint density at radius 1 is 1.24 bits per heavy atom. The fourth-order valence-corrected chi connectivity index (χ4v) is 1.78. The maximum absolute atomic E-state index is 10.9. The lowest BCUT2D eigenvalue weighted by Gasteiger charge is -2.02. The van der Waals surface area contributed by atoms with E-state index < -0.39 is 4.92 Å². The van der Waals surface area contributed by atoms with Crippen molar-refractivity contribution in [2.24, 2.45) is 0 Å². The van der Waals surface area contributed by atoms with Crippen molar-refractivity contribution in [3.63, 3.8) is 0 Å². The molecule has 2 aromatic rings. The van der Waals surface area contributed by atoms with Crippen LogP contribution in [0.1, 0.15) is 19.4 Å². The maximum atomic E-state index is 10.9. The second-order valence-corrected chi connectivity index (χ2v) is 3.54. The zero-order valence-corrected chi connectivity index (χ0v) is 10.7. The van der Waals surface area contributed by atoms with E-state index in [1.807, 2.05) is 13.8 Å². The fourth-order valence-electron chi connectivity index (χ4n) is 1.55. The normalized spacial score (nSPS) is 9.65. The number of aromatic nitrogens is 1. The standard InChI is InChI=1S/C10H7ClN2O2.C2H6/c1-6-2-3-8-7(9(6)13(14)15)4-5-12-10(8)11;1-2/h2-5H,1H3;1-2H3. The molecule has 17 heavy (non-hydrogen) atoms. The highest BCUT2D eigenvalue weighted by molar-refractivity contribution is 6.34. The molecule has 0 radical (unpaired) electrons. The molecule has 0 aliphatic carbocycles. The second kappa shape index (κ2) is 5.59. The SMILES string of the molecule is CC.Cc1ccc2c(Cl)nccc2c1[N+](=O)[O-]. The Bertz CT molecular complexity index is 555. The van der Waals surface area contributed by atoms with E-state index >= 15 is 0 Å². The lowest BCUT2D eigenvalue weighted by molar-refractivity contribution is -0.383. The summed E-state index contributed by atoms with van der Waals surface area (Å²) in [5, 5.41) is 12.3. The first-order chi connectivity index (χ1) is 8.11. The minimum atomic E-state index is -0.395. The molecular formula is C12H13ClN2O2. The van der Waals surface area contributed by atoms with Gasteiger partial charge in [-0.15, -0.1) is 0 Å². The second-order valence-electron chi connectivity index (χ2n) is 3.19. The van der Waals surface area contributed by atoms with Gasteiger partial charge in [0.2, 0.25) is 0 Å². The predicted molar refractivity (Wildman–Crippen MR) is 69.5 cm³/mol. The van der Waals surface area contributed by atoms with E-state index in [9.17, 15) is 10.1 Å². The Kier molecular flexibility index (Phi) is 4.40. The van der Waals surface area contributed by atoms with Crippen LogP contribution in [-0.4, -0.2) is 9.91 Å². The summed E-state index contributed by atoms with van der Waals surface area (Å²) in [4.78, 5) is 14.4. The number of aryl methyl sites for hydroxylation is 1. The van der Waals surface area contributed by atoms with Crippen molar-refractivity contribution >= 4 is 28.1 Å². The number of hydrogen-bond acceptors (Lipinski definition) is 3. The summed E-state index contributed by atoms with van der Waals surface area (Å²) in [5.74, 6) is 0. The van der Waals surface area contributed by atoms with Crippen LogP contribution >= 0.6 is 11.6 Å². The molecule has 0 unspecified atom stereocenters. The molecule has 2 rings (SSSR count). The number of fused-ring (bicyclic) bond motifs is 1. The first kappa shape index (κ1) is 13.4. The lowest BCUT2D eigenvalue weighted by Crippen LogP contribution is -1.93. The first-order valence-electron chi connectivity index (χ1n) is 5.29. The van der Waals surface area contributed by atoms with E-state index in [1.54, 1.807) is 25.1 Å². The highest BCUT2D eigenvalue weighted by Crippen LogP contribution is 2.31. The van der Waals surface area contributed by atoms with Crippen LogP contribution in [0.3, 0.4) is 0 Å². The van der Waals surface area contributed by atoms with Crippen molar-refractivity contribution in [1.29, 1.82) is 0 Å². The van der Waals surface area contributed by atoms with E-state index in [4.69, 9.17) is 11.6 Å². The van der Waals surface area contributed by atoms with Gasteiger partial charge in [-0.25, -0.2) is 4.98 Å². The number of pyridine rings is 1. The van der Waals surface area contributed by atoms with Crippen LogP contribution in [0.4, 0.5) is 5.69 Å². The molecule has 0 N–H and O–H groups in total. The van der Waals surface area contributed by atoms with Crippen molar-refractivity contribution < 1.29 is 4.92 Å². The Hall–Kier alpha value is -1.68. The Morgan fingerprint density at radius 2 is 1.88 bits per heavy atom. The number of nitrogens with zero attached hydrogens (tertiary/aromatic N) is 2. The summed E-state index contributed by atoms with van der Waals surface area (Å²) in [6, 6.07) is 5.02. The topological polar surface area (TPSA) is 56.0 Å². The molecule has 90 valence electrons. The van der Waals surface area contributed by atoms with E-state index in [1.165, 1.54) is 6.20 Å². The molecule has 5 heteroatoms. The van der Waals surface area contributed by atoms with E-state index in [0.717, 1.165) is 0 Å². The van der Waals surface area contributed by atoms with E-state index in [0.29, 0.717) is 16.3 Å². The maximum Gasteiger partial charge on any atom is 0.280 e. The van der Waals surface area contributed by atoms with Crippen LogP contribution in [0.25, 0.3) is 10.8 Å². The predicted octanol–water partition coefficient (Wildman–Crippen LogP) is 4.13. The molecule has 0 aliphatic heterocycles. The smallest absolute Gasteiger partial charge is 0.258 e. The van der Waals surface area contributed by atoms with E-state index in [-0.39, 0.29) is 10.8 Å². The van der Waals surface area contributed by atoms with Crippen LogP contribution in [0.15, 0.2) is 24.4 Å². The fraction of sp³-hybridized carbons (Fsp3) is 0.250. The van der Waals surface area contributed by atoms with Gasteiger partial charge in [-0.2, -0.15) is 0 Å². The van der Waals surface area contributed by atoms with Crippen LogP contribution in [0.5, 0.6) is 0 Å². The van der Waals surface area contributed by atoms with Gasteiger partial charge in [-0.1, -0.05) is 37.6 Å². The molecule has 0 fully saturated rings. The first-order valence-corrected chi connectivity index (χ1v) is 5.67. The number of halogens is 1. The molecule has 1 heterocycles. The van der Waals surface area contributed by atoms with Gasteiger partial charge in [0.25, 0.3) is 5.69 Å². The summed E-state index contributed by atoms with van der Waals surface area (Å²) < 4.78 is 0. The zero-order chi connectivity index (χ0) is 13.0. The third-order valence-corrected chi connectivity index (χ3v) is 2.55. The summed E-state index contributed by atoms with van der Waals surface area (Å²) in [5.41, 5.74) is 0.714. The number of hydrogen-bond donors (Lipinski definition) is 0. The van der Waals surface area contributed by atoms with Crippen LogP contribution in [-0.2, 0) is 0 Å². The van der Waals surface area contributed by atoms with Gasteiger partial charge in [-0.05, 0) is 13.0 Å². The number of rotatable bonds is 1. The summed E-state index contributed by atoms with van der Waals surface area (Å²) in [6.07, 6.45) is 1.47. The monoisotopic (exact) mass is 252 g/mol. The third-order valence-electron chi connectivity index (χ3n) is 2.25. The van der Waals surface area contributed by atoms with Crippen molar-refractivity contribution in [1.82, 2.24) is 4.98 Å². The molecule has 1 aromatic carbocycles. The quantitative estimate of drug-likeness (QED) is 0.436.